The molecule has 0 saturated carbocycles. The predicted molar refractivity (Wildman–Crippen MR) is 73.8 cm³/mol. The van der Waals surface area contributed by atoms with Gasteiger partial charge in [-0.25, -0.2) is 4.79 Å². The number of benzene rings is 1. The average Bonchev–Trinajstić information content (AvgIpc) is 2.45. The van der Waals surface area contributed by atoms with Crippen LogP contribution in [0.15, 0.2) is 24.3 Å². The lowest BCUT2D eigenvalue weighted by molar-refractivity contribution is 0.0378. The predicted octanol–water partition coefficient (Wildman–Crippen LogP) is 1.52. The fourth-order valence-corrected chi connectivity index (χ4v) is 2.09. The maximum Gasteiger partial charge on any atom is 0.335 e. The summed E-state index contributed by atoms with van der Waals surface area (Å²) in [6, 6.07) is 6.84. The lowest BCUT2D eigenvalue weighted by Gasteiger charge is -2.26. The van der Waals surface area contributed by atoms with Crippen LogP contribution in [0.3, 0.4) is 0 Å². The van der Waals surface area contributed by atoms with Crippen LogP contribution in [-0.4, -0.2) is 55.4 Å². The molecule has 0 aromatic heterocycles. The van der Waals surface area contributed by atoms with E-state index in [0.29, 0.717) is 5.56 Å². The number of hydrogen-bond acceptors (Lipinski definition) is 4. The van der Waals surface area contributed by atoms with Crippen LogP contribution in [0.2, 0.25) is 0 Å². The van der Waals surface area contributed by atoms with Crippen molar-refractivity contribution >= 4 is 11.7 Å². The standard InChI is InChI=1S/C14H20N2O3/c17-14(18)12-2-4-13(5-3-12)15-6-1-7-16-8-10-19-11-9-16/h2-5,15H,1,6-11H2,(H,17,18). The molecule has 0 radical (unpaired) electrons. The second kappa shape index (κ2) is 7.11. The van der Waals surface area contributed by atoms with Crippen molar-refractivity contribution in [2.24, 2.45) is 0 Å². The number of carbonyl (C=O) groups is 1. The molecule has 1 heterocycles. The van der Waals surface area contributed by atoms with Crippen LogP contribution in [0, 0.1) is 0 Å². The summed E-state index contributed by atoms with van der Waals surface area (Å²) in [5.41, 5.74) is 1.28. The topological polar surface area (TPSA) is 61.8 Å². The number of morpholine rings is 1. The highest BCUT2D eigenvalue weighted by molar-refractivity contribution is 5.87. The summed E-state index contributed by atoms with van der Waals surface area (Å²) < 4.78 is 5.30. The van der Waals surface area contributed by atoms with Gasteiger partial charge in [0.25, 0.3) is 0 Å². The number of aromatic carboxylic acids is 1. The number of anilines is 1. The van der Waals surface area contributed by atoms with Gasteiger partial charge in [-0.15, -0.1) is 0 Å². The van der Waals surface area contributed by atoms with Crippen LogP contribution >= 0.6 is 0 Å². The molecule has 0 bridgehead atoms. The largest absolute Gasteiger partial charge is 0.478 e. The van der Waals surface area contributed by atoms with Gasteiger partial charge in [0, 0.05) is 25.3 Å². The Bertz CT molecular complexity index is 400. The van der Waals surface area contributed by atoms with Gasteiger partial charge in [0.1, 0.15) is 0 Å². The van der Waals surface area contributed by atoms with Crippen molar-refractivity contribution in [3.05, 3.63) is 29.8 Å². The molecule has 2 N–H and O–H groups in total. The average molecular weight is 264 g/mol. The number of nitrogens with zero attached hydrogens (tertiary/aromatic N) is 1. The Kier molecular flexibility index (Phi) is 5.18. The van der Waals surface area contributed by atoms with E-state index in [1.54, 1.807) is 24.3 Å². The zero-order valence-electron chi connectivity index (χ0n) is 11.0. The van der Waals surface area contributed by atoms with Gasteiger partial charge in [0.15, 0.2) is 0 Å². The monoisotopic (exact) mass is 264 g/mol. The van der Waals surface area contributed by atoms with Crippen LogP contribution in [0.4, 0.5) is 5.69 Å². The van der Waals surface area contributed by atoms with Crippen molar-refractivity contribution in [3.63, 3.8) is 0 Å². The summed E-state index contributed by atoms with van der Waals surface area (Å²) in [6.07, 6.45) is 1.07. The molecule has 0 aliphatic carbocycles. The third kappa shape index (κ3) is 4.54. The lowest BCUT2D eigenvalue weighted by Crippen LogP contribution is -2.37. The van der Waals surface area contributed by atoms with Crippen molar-refractivity contribution in [2.45, 2.75) is 6.42 Å². The van der Waals surface area contributed by atoms with Gasteiger partial charge in [-0.2, -0.15) is 0 Å². The highest BCUT2D eigenvalue weighted by atomic mass is 16.5. The summed E-state index contributed by atoms with van der Waals surface area (Å²) in [7, 11) is 0. The first kappa shape index (κ1) is 13.8. The number of carboxylic acids is 1. The van der Waals surface area contributed by atoms with E-state index in [-0.39, 0.29) is 0 Å². The Morgan fingerprint density at radius 2 is 1.95 bits per heavy atom. The molecule has 1 aromatic rings. The minimum atomic E-state index is -0.890. The number of rotatable bonds is 6. The minimum Gasteiger partial charge on any atom is -0.478 e. The smallest absolute Gasteiger partial charge is 0.335 e. The third-order valence-electron chi connectivity index (χ3n) is 3.22. The Labute approximate surface area is 113 Å². The highest BCUT2D eigenvalue weighted by Gasteiger charge is 2.09. The van der Waals surface area contributed by atoms with Gasteiger partial charge in [0.2, 0.25) is 0 Å². The van der Waals surface area contributed by atoms with Crippen molar-refractivity contribution < 1.29 is 14.6 Å². The maximum atomic E-state index is 10.7. The molecule has 19 heavy (non-hydrogen) atoms. The molecular formula is C14H20N2O3. The quantitative estimate of drug-likeness (QED) is 0.763. The molecule has 0 amide bonds. The van der Waals surface area contributed by atoms with Gasteiger partial charge in [-0.05, 0) is 37.2 Å². The van der Waals surface area contributed by atoms with Gasteiger partial charge in [0.05, 0.1) is 18.8 Å². The van der Waals surface area contributed by atoms with Gasteiger partial charge in [-0.1, -0.05) is 0 Å². The first-order chi connectivity index (χ1) is 9.25. The van der Waals surface area contributed by atoms with E-state index < -0.39 is 5.97 Å². The zero-order valence-corrected chi connectivity index (χ0v) is 11.0. The molecule has 5 heteroatoms. The van der Waals surface area contributed by atoms with E-state index >= 15 is 0 Å². The van der Waals surface area contributed by atoms with Crippen LogP contribution < -0.4 is 5.32 Å². The normalized spacial score (nSPS) is 16.2. The molecule has 1 aliphatic heterocycles. The van der Waals surface area contributed by atoms with E-state index in [4.69, 9.17) is 9.84 Å². The second-order valence-electron chi connectivity index (χ2n) is 4.62. The summed E-state index contributed by atoms with van der Waals surface area (Å²) in [4.78, 5) is 13.1. The summed E-state index contributed by atoms with van der Waals surface area (Å²) in [6.45, 7) is 5.68. The van der Waals surface area contributed by atoms with Crippen molar-refractivity contribution in [1.29, 1.82) is 0 Å². The Hall–Kier alpha value is -1.59. The van der Waals surface area contributed by atoms with E-state index in [9.17, 15) is 4.79 Å². The Morgan fingerprint density at radius 3 is 2.58 bits per heavy atom. The Morgan fingerprint density at radius 1 is 1.26 bits per heavy atom. The van der Waals surface area contributed by atoms with Crippen molar-refractivity contribution in [3.8, 4) is 0 Å². The van der Waals surface area contributed by atoms with Crippen LogP contribution in [0.25, 0.3) is 0 Å². The van der Waals surface area contributed by atoms with E-state index in [1.807, 2.05) is 0 Å². The summed E-state index contributed by atoms with van der Waals surface area (Å²) in [5.74, 6) is -0.890. The molecule has 0 spiro atoms. The molecule has 1 saturated heterocycles. The van der Waals surface area contributed by atoms with Crippen molar-refractivity contribution in [2.75, 3.05) is 44.7 Å². The molecule has 1 aromatic carbocycles. The molecule has 1 aliphatic rings. The summed E-state index contributed by atoms with van der Waals surface area (Å²) >= 11 is 0. The van der Waals surface area contributed by atoms with Crippen LogP contribution in [0.1, 0.15) is 16.8 Å². The highest BCUT2D eigenvalue weighted by Crippen LogP contribution is 2.09. The third-order valence-corrected chi connectivity index (χ3v) is 3.22. The molecule has 104 valence electrons. The van der Waals surface area contributed by atoms with Crippen LogP contribution in [0.5, 0.6) is 0 Å². The number of ether oxygens (including phenoxy) is 1. The maximum absolute atomic E-state index is 10.7. The lowest BCUT2D eigenvalue weighted by atomic mass is 10.2. The minimum absolute atomic E-state index is 0.318. The second-order valence-corrected chi connectivity index (χ2v) is 4.62. The van der Waals surface area contributed by atoms with Crippen LogP contribution in [-0.2, 0) is 4.74 Å². The number of hydrogen-bond donors (Lipinski definition) is 2. The van der Waals surface area contributed by atoms with Gasteiger partial charge >= 0.3 is 5.97 Å². The molecule has 2 rings (SSSR count). The van der Waals surface area contributed by atoms with E-state index in [1.165, 1.54) is 0 Å². The fourth-order valence-electron chi connectivity index (χ4n) is 2.09. The number of nitrogens with one attached hydrogen (secondary N) is 1. The zero-order chi connectivity index (χ0) is 13.5. The molecule has 0 atom stereocenters. The van der Waals surface area contributed by atoms with Gasteiger partial charge in [-0.3, -0.25) is 4.90 Å². The molecule has 5 nitrogen and oxygen atoms in total. The molecule has 1 fully saturated rings. The molecular weight excluding hydrogens is 244 g/mol. The fraction of sp³-hybridized carbons (Fsp3) is 0.500. The van der Waals surface area contributed by atoms with E-state index in [0.717, 1.165) is 51.5 Å². The van der Waals surface area contributed by atoms with Crippen molar-refractivity contribution in [1.82, 2.24) is 4.90 Å². The SMILES string of the molecule is O=C(O)c1ccc(NCCCN2CCOCC2)cc1. The van der Waals surface area contributed by atoms with Gasteiger partial charge < -0.3 is 15.2 Å². The Balaban J connectivity index is 1.66. The first-order valence-corrected chi connectivity index (χ1v) is 6.63. The first-order valence-electron chi connectivity index (χ1n) is 6.63. The summed E-state index contributed by atoms with van der Waals surface area (Å²) in [5, 5.41) is 12.1. The number of carboxylic acid groups (broad SMARTS) is 1. The molecule has 0 unspecified atom stereocenters. The van der Waals surface area contributed by atoms with E-state index in [2.05, 4.69) is 10.2 Å².